The Bertz CT molecular complexity index is 869. The molecule has 6 heteroatoms. The highest BCUT2D eigenvalue weighted by atomic mass is 32.2. The number of H-pyrrole nitrogens is 1. The van der Waals surface area contributed by atoms with Crippen LogP contribution in [0.1, 0.15) is 19.0 Å². The topological polar surface area (TPSA) is 71.2 Å². The molecular formula is C19H24N2O3S. The fourth-order valence-electron chi connectivity index (χ4n) is 3.06. The molecule has 0 fully saturated rings. The van der Waals surface area contributed by atoms with Gasteiger partial charge in [0, 0.05) is 36.0 Å². The highest BCUT2D eigenvalue weighted by Crippen LogP contribution is 2.32. The third-order valence-electron chi connectivity index (χ3n) is 4.52. The number of hydrogen-bond acceptors (Lipinski definition) is 4. The average Bonchev–Trinajstić information content (AvgIpc) is 3.10. The van der Waals surface area contributed by atoms with Gasteiger partial charge in [0.15, 0.2) is 9.84 Å². The van der Waals surface area contributed by atoms with E-state index in [4.69, 9.17) is 4.74 Å². The Labute approximate surface area is 149 Å². The number of rotatable bonds is 6. The van der Waals surface area contributed by atoms with E-state index in [1.807, 2.05) is 6.07 Å². The van der Waals surface area contributed by atoms with Gasteiger partial charge in [-0.25, -0.2) is 8.42 Å². The molecule has 5 nitrogen and oxygen atoms in total. The van der Waals surface area contributed by atoms with Crippen molar-refractivity contribution in [3.8, 4) is 17.0 Å². The van der Waals surface area contributed by atoms with Gasteiger partial charge in [0.2, 0.25) is 0 Å². The molecule has 0 bridgehead atoms. The van der Waals surface area contributed by atoms with Gasteiger partial charge in [0.25, 0.3) is 0 Å². The van der Waals surface area contributed by atoms with Crippen LogP contribution in [0.25, 0.3) is 11.3 Å². The second-order valence-electron chi connectivity index (χ2n) is 6.18. The first kappa shape index (κ1) is 17.8. The number of ether oxygens (including phenoxy) is 1. The van der Waals surface area contributed by atoms with Crippen LogP contribution in [0.4, 0.5) is 0 Å². The number of hydrogen-bond donors (Lipinski definition) is 2. The van der Waals surface area contributed by atoms with Gasteiger partial charge in [0.05, 0.1) is 17.8 Å². The molecule has 25 heavy (non-hydrogen) atoms. The summed E-state index contributed by atoms with van der Waals surface area (Å²) in [4.78, 5) is 3.73. The normalized spacial score (nSPS) is 17.6. The van der Waals surface area contributed by atoms with Crippen LogP contribution in [0, 0.1) is 0 Å². The van der Waals surface area contributed by atoms with Crippen LogP contribution in [0.5, 0.6) is 5.75 Å². The average molecular weight is 360 g/mol. The largest absolute Gasteiger partial charge is 0.496 e. The molecule has 1 aromatic carbocycles. The number of nitrogens with one attached hydrogen (secondary N) is 2. The second kappa shape index (κ2) is 7.45. The molecule has 2 aromatic rings. The summed E-state index contributed by atoms with van der Waals surface area (Å²) in [5.41, 5.74) is 2.75. The molecule has 1 atom stereocenters. The monoisotopic (exact) mass is 360 g/mol. The predicted molar refractivity (Wildman–Crippen MR) is 99.8 cm³/mol. The molecular weight excluding hydrogens is 336 g/mol. The van der Waals surface area contributed by atoms with E-state index in [1.165, 1.54) is 0 Å². The zero-order valence-electron chi connectivity index (χ0n) is 14.6. The van der Waals surface area contributed by atoms with Gasteiger partial charge in [-0.1, -0.05) is 19.1 Å². The van der Waals surface area contributed by atoms with E-state index in [0.717, 1.165) is 36.3 Å². The maximum Gasteiger partial charge on any atom is 0.178 e. The lowest BCUT2D eigenvalue weighted by Gasteiger charge is -2.18. The molecule has 1 aromatic heterocycles. The summed E-state index contributed by atoms with van der Waals surface area (Å²) in [7, 11) is -1.66. The molecule has 0 saturated heterocycles. The first-order valence-corrected chi connectivity index (χ1v) is 10.2. The van der Waals surface area contributed by atoms with Crippen LogP contribution in [-0.4, -0.2) is 38.9 Å². The molecule has 1 aliphatic heterocycles. The third-order valence-corrected chi connectivity index (χ3v) is 6.26. The van der Waals surface area contributed by atoms with Crippen LogP contribution >= 0.6 is 0 Å². The lowest BCUT2D eigenvalue weighted by Crippen LogP contribution is -2.33. The lowest BCUT2D eigenvalue weighted by molar-refractivity contribution is 0.416. The van der Waals surface area contributed by atoms with E-state index in [-0.39, 0.29) is 5.75 Å². The quantitative estimate of drug-likeness (QED) is 0.777. The summed E-state index contributed by atoms with van der Waals surface area (Å²) in [6, 6.07) is 9.46. The van der Waals surface area contributed by atoms with Crippen molar-refractivity contribution in [2.75, 3.05) is 19.4 Å². The van der Waals surface area contributed by atoms with Crippen LogP contribution in [0.3, 0.4) is 0 Å². The Morgan fingerprint density at radius 3 is 2.72 bits per heavy atom. The van der Waals surface area contributed by atoms with E-state index in [9.17, 15) is 8.42 Å². The van der Waals surface area contributed by atoms with Gasteiger partial charge >= 0.3 is 0 Å². The van der Waals surface area contributed by atoms with Crippen LogP contribution < -0.4 is 10.1 Å². The van der Waals surface area contributed by atoms with E-state index < -0.39 is 9.84 Å². The molecule has 2 N–H and O–H groups in total. The highest BCUT2D eigenvalue weighted by Gasteiger charge is 2.17. The summed E-state index contributed by atoms with van der Waals surface area (Å²) in [5.74, 6) is 0.734. The first-order chi connectivity index (χ1) is 12.0. The van der Waals surface area contributed by atoms with Crippen molar-refractivity contribution >= 4 is 9.84 Å². The van der Waals surface area contributed by atoms with Gasteiger partial charge < -0.3 is 15.0 Å². The summed E-state index contributed by atoms with van der Waals surface area (Å²) in [6.45, 7) is 2.56. The van der Waals surface area contributed by atoms with E-state index >= 15 is 0 Å². The van der Waals surface area contributed by atoms with E-state index in [0.29, 0.717) is 16.7 Å². The number of aromatic nitrogens is 1. The van der Waals surface area contributed by atoms with Crippen molar-refractivity contribution in [1.29, 1.82) is 0 Å². The van der Waals surface area contributed by atoms with Gasteiger partial charge in [-0.05, 0) is 36.8 Å². The zero-order valence-corrected chi connectivity index (χ0v) is 15.4. The van der Waals surface area contributed by atoms with E-state index in [2.05, 4.69) is 28.5 Å². The van der Waals surface area contributed by atoms with Crippen molar-refractivity contribution < 1.29 is 13.2 Å². The Morgan fingerprint density at radius 2 is 2.04 bits per heavy atom. The molecule has 2 heterocycles. The fourth-order valence-corrected chi connectivity index (χ4v) is 3.96. The minimum atomic E-state index is -3.26. The SMILES string of the molecule is CCS(=O)(=O)c1ccc(OC)c(-c2ccc(CC3CC=CCN3)[nH]2)c1. The molecule has 1 aliphatic rings. The Hall–Kier alpha value is -2.05. The third kappa shape index (κ3) is 3.96. The summed E-state index contributed by atoms with van der Waals surface area (Å²) >= 11 is 0. The first-order valence-electron chi connectivity index (χ1n) is 8.51. The smallest absolute Gasteiger partial charge is 0.178 e. The van der Waals surface area contributed by atoms with Crippen molar-refractivity contribution in [3.05, 3.63) is 48.2 Å². The maximum absolute atomic E-state index is 12.2. The van der Waals surface area contributed by atoms with Crippen LogP contribution in [-0.2, 0) is 16.3 Å². The lowest BCUT2D eigenvalue weighted by atomic mass is 10.1. The standard InChI is InChI=1S/C19H24N2O3S/c1-3-25(22,23)16-8-10-19(24-2)17(13-16)18-9-7-15(21-18)12-14-6-4-5-11-20-14/h4-5,7-10,13-14,20-21H,3,6,11-12H2,1-2H3. The molecule has 0 aliphatic carbocycles. The zero-order chi connectivity index (χ0) is 17.9. The minimum Gasteiger partial charge on any atom is -0.496 e. The number of sulfone groups is 1. The molecule has 1 unspecified atom stereocenters. The fraction of sp³-hybridized carbons (Fsp3) is 0.368. The van der Waals surface area contributed by atoms with Crippen molar-refractivity contribution in [2.45, 2.75) is 30.7 Å². The molecule has 0 radical (unpaired) electrons. The van der Waals surface area contributed by atoms with Crippen molar-refractivity contribution in [3.63, 3.8) is 0 Å². The van der Waals surface area contributed by atoms with Crippen molar-refractivity contribution in [2.24, 2.45) is 0 Å². The predicted octanol–water partition coefficient (Wildman–Crippen LogP) is 2.94. The molecule has 3 rings (SSSR count). The number of methoxy groups -OCH3 is 1. The second-order valence-corrected chi connectivity index (χ2v) is 8.46. The van der Waals surface area contributed by atoms with Crippen LogP contribution in [0.15, 0.2) is 47.4 Å². The van der Waals surface area contributed by atoms with E-state index in [1.54, 1.807) is 32.2 Å². The van der Waals surface area contributed by atoms with Gasteiger partial charge in [0.1, 0.15) is 5.75 Å². The Kier molecular flexibility index (Phi) is 5.30. The Morgan fingerprint density at radius 1 is 1.20 bits per heavy atom. The van der Waals surface area contributed by atoms with Crippen LogP contribution in [0.2, 0.25) is 0 Å². The maximum atomic E-state index is 12.2. The summed E-state index contributed by atoms with van der Waals surface area (Å²) in [6.07, 6.45) is 6.26. The molecule has 0 spiro atoms. The molecule has 134 valence electrons. The van der Waals surface area contributed by atoms with Gasteiger partial charge in [-0.3, -0.25) is 0 Å². The summed E-state index contributed by atoms with van der Waals surface area (Å²) < 4.78 is 29.8. The Balaban J connectivity index is 1.90. The summed E-state index contributed by atoms with van der Waals surface area (Å²) in [5, 5.41) is 3.46. The van der Waals surface area contributed by atoms with Gasteiger partial charge in [-0.2, -0.15) is 0 Å². The van der Waals surface area contributed by atoms with Gasteiger partial charge in [-0.15, -0.1) is 0 Å². The molecule has 0 amide bonds. The molecule has 0 saturated carbocycles. The minimum absolute atomic E-state index is 0.0790. The highest BCUT2D eigenvalue weighted by molar-refractivity contribution is 7.91. The number of benzene rings is 1. The number of aromatic amines is 1. The van der Waals surface area contributed by atoms with Crippen molar-refractivity contribution in [1.82, 2.24) is 10.3 Å².